The number of carbonyl (C=O) groups excluding carboxylic acids is 1. The molecule has 1 unspecified atom stereocenters. The standard InChI is InChI=1S/C10H17NO2/c1-4-9-8(7-10(12)13-9)11(5-2)6-3/h7,9H,4-6H2,1-3H3. The molecule has 0 N–H and O–H groups in total. The van der Waals surface area contributed by atoms with E-state index in [4.69, 9.17) is 4.74 Å². The number of cyclic esters (lactones) is 1. The summed E-state index contributed by atoms with van der Waals surface area (Å²) in [6, 6.07) is 0. The Kier molecular flexibility index (Phi) is 3.34. The van der Waals surface area contributed by atoms with Crippen LogP contribution in [0.25, 0.3) is 0 Å². The normalized spacial score (nSPS) is 21.3. The molecule has 0 spiro atoms. The van der Waals surface area contributed by atoms with E-state index in [2.05, 4.69) is 18.7 Å². The number of ether oxygens (including phenoxy) is 1. The van der Waals surface area contributed by atoms with E-state index in [1.165, 1.54) is 0 Å². The molecule has 0 aromatic carbocycles. The summed E-state index contributed by atoms with van der Waals surface area (Å²) in [4.78, 5) is 13.2. The fourth-order valence-electron chi connectivity index (χ4n) is 1.62. The molecule has 0 aromatic rings. The second-order valence-electron chi connectivity index (χ2n) is 3.08. The summed E-state index contributed by atoms with van der Waals surface area (Å²) in [5.41, 5.74) is 1.04. The first-order valence-corrected chi connectivity index (χ1v) is 4.90. The van der Waals surface area contributed by atoms with Gasteiger partial charge in [-0.3, -0.25) is 0 Å². The van der Waals surface area contributed by atoms with Gasteiger partial charge in [-0.2, -0.15) is 0 Å². The minimum absolute atomic E-state index is 0.0209. The Labute approximate surface area is 79.4 Å². The first kappa shape index (κ1) is 10.1. The molecule has 0 fully saturated rings. The molecule has 0 saturated carbocycles. The zero-order chi connectivity index (χ0) is 9.84. The van der Waals surface area contributed by atoms with E-state index in [0.717, 1.165) is 25.2 Å². The van der Waals surface area contributed by atoms with E-state index in [1.807, 2.05) is 6.92 Å². The first-order chi connectivity index (χ1) is 6.22. The van der Waals surface area contributed by atoms with Crippen LogP contribution in [-0.4, -0.2) is 30.1 Å². The second kappa shape index (κ2) is 4.30. The van der Waals surface area contributed by atoms with E-state index < -0.39 is 0 Å². The van der Waals surface area contributed by atoms with Crippen molar-refractivity contribution in [2.75, 3.05) is 13.1 Å². The molecule has 1 rings (SSSR count). The summed E-state index contributed by atoms with van der Waals surface area (Å²) in [5, 5.41) is 0. The molecule has 0 radical (unpaired) electrons. The van der Waals surface area contributed by atoms with Crippen molar-refractivity contribution in [3.63, 3.8) is 0 Å². The molecule has 1 heterocycles. The predicted molar refractivity (Wildman–Crippen MR) is 51.2 cm³/mol. The van der Waals surface area contributed by atoms with Gasteiger partial charge in [0.25, 0.3) is 0 Å². The topological polar surface area (TPSA) is 29.5 Å². The van der Waals surface area contributed by atoms with Crippen molar-refractivity contribution < 1.29 is 9.53 Å². The SMILES string of the molecule is CCC1OC(=O)C=C1N(CC)CC. The minimum atomic E-state index is -0.200. The number of rotatable bonds is 4. The first-order valence-electron chi connectivity index (χ1n) is 4.90. The number of likely N-dealkylation sites (N-methyl/N-ethyl adjacent to an activating group) is 1. The van der Waals surface area contributed by atoms with E-state index in [9.17, 15) is 4.79 Å². The Bertz CT molecular complexity index is 219. The summed E-state index contributed by atoms with van der Waals surface area (Å²) in [5.74, 6) is -0.200. The van der Waals surface area contributed by atoms with Crippen molar-refractivity contribution in [1.29, 1.82) is 0 Å². The van der Waals surface area contributed by atoms with Gasteiger partial charge in [0.05, 0.1) is 5.70 Å². The Morgan fingerprint density at radius 1 is 1.38 bits per heavy atom. The molecular formula is C10H17NO2. The van der Waals surface area contributed by atoms with Crippen molar-refractivity contribution in [3.05, 3.63) is 11.8 Å². The van der Waals surface area contributed by atoms with Crippen LogP contribution in [0.4, 0.5) is 0 Å². The highest BCUT2D eigenvalue weighted by Gasteiger charge is 2.27. The number of carbonyl (C=O) groups is 1. The summed E-state index contributed by atoms with van der Waals surface area (Å²) < 4.78 is 5.13. The third-order valence-corrected chi connectivity index (χ3v) is 2.35. The summed E-state index contributed by atoms with van der Waals surface area (Å²) in [6.07, 6.45) is 2.45. The van der Waals surface area contributed by atoms with Crippen LogP contribution in [0.3, 0.4) is 0 Å². The minimum Gasteiger partial charge on any atom is -0.453 e. The van der Waals surface area contributed by atoms with Crippen molar-refractivity contribution in [2.24, 2.45) is 0 Å². The van der Waals surface area contributed by atoms with Gasteiger partial charge in [-0.05, 0) is 20.3 Å². The molecule has 0 bridgehead atoms. The fraction of sp³-hybridized carbons (Fsp3) is 0.700. The number of hydrogen-bond acceptors (Lipinski definition) is 3. The molecule has 13 heavy (non-hydrogen) atoms. The number of nitrogens with zero attached hydrogens (tertiary/aromatic N) is 1. The van der Waals surface area contributed by atoms with Crippen molar-refractivity contribution in [3.8, 4) is 0 Å². The van der Waals surface area contributed by atoms with Gasteiger partial charge in [0.1, 0.15) is 6.10 Å². The molecule has 3 heteroatoms. The molecule has 74 valence electrons. The molecule has 1 atom stereocenters. The summed E-state index contributed by atoms with van der Waals surface area (Å²) >= 11 is 0. The van der Waals surface area contributed by atoms with Crippen LogP contribution in [0.2, 0.25) is 0 Å². The van der Waals surface area contributed by atoms with Gasteiger partial charge in [0.2, 0.25) is 0 Å². The second-order valence-corrected chi connectivity index (χ2v) is 3.08. The maximum absolute atomic E-state index is 11.0. The van der Waals surface area contributed by atoms with Gasteiger partial charge in [-0.15, -0.1) is 0 Å². The lowest BCUT2D eigenvalue weighted by molar-refractivity contribution is -0.139. The van der Waals surface area contributed by atoms with E-state index in [-0.39, 0.29) is 12.1 Å². The highest BCUT2D eigenvalue weighted by Crippen LogP contribution is 2.21. The van der Waals surface area contributed by atoms with Gasteiger partial charge < -0.3 is 9.64 Å². The van der Waals surface area contributed by atoms with Crippen LogP contribution in [-0.2, 0) is 9.53 Å². The van der Waals surface area contributed by atoms with E-state index in [1.54, 1.807) is 6.08 Å². The Balaban J connectivity index is 2.75. The maximum Gasteiger partial charge on any atom is 0.333 e. The quantitative estimate of drug-likeness (QED) is 0.619. The fourth-order valence-corrected chi connectivity index (χ4v) is 1.62. The van der Waals surface area contributed by atoms with Gasteiger partial charge in [-0.1, -0.05) is 6.92 Å². The molecule has 0 aromatic heterocycles. The monoisotopic (exact) mass is 183 g/mol. The Morgan fingerprint density at radius 3 is 2.46 bits per heavy atom. The third-order valence-electron chi connectivity index (χ3n) is 2.35. The highest BCUT2D eigenvalue weighted by atomic mass is 16.5. The molecule has 0 saturated heterocycles. The molecule has 1 aliphatic rings. The number of esters is 1. The summed E-state index contributed by atoms with van der Waals surface area (Å²) in [7, 11) is 0. The van der Waals surface area contributed by atoms with Gasteiger partial charge >= 0.3 is 5.97 Å². The lowest BCUT2D eigenvalue weighted by Gasteiger charge is -2.25. The van der Waals surface area contributed by atoms with Crippen LogP contribution in [0.5, 0.6) is 0 Å². The predicted octanol–water partition coefficient (Wildman–Crippen LogP) is 1.55. The number of hydrogen-bond donors (Lipinski definition) is 0. The lowest BCUT2D eigenvalue weighted by atomic mass is 10.2. The van der Waals surface area contributed by atoms with E-state index >= 15 is 0 Å². The van der Waals surface area contributed by atoms with Gasteiger partial charge in [0.15, 0.2) is 0 Å². The largest absolute Gasteiger partial charge is 0.453 e. The zero-order valence-electron chi connectivity index (χ0n) is 8.54. The van der Waals surface area contributed by atoms with Crippen LogP contribution >= 0.6 is 0 Å². The van der Waals surface area contributed by atoms with Crippen LogP contribution < -0.4 is 0 Å². The smallest absolute Gasteiger partial charge is 0.333 e. The van der Waals surface area contributed by atoms with Crippen molar-refractivity contribution in [2.45, 2.75) is 33.3 Å². The lowest BCUT2D eigenvalue weighted by Crippen LogP contribution is -2.28. The molecule has 0 amide bonds. The zero-order valence-corrected chi connectivity index (χ0v) is 8.54. The average molecular weight is 183 g/mol. The third kappa shape index (κ3) is 2.02. The van der Waals surface area contributed by atoms with Crippen molar-refractivity contribution in [1.82, 2.24) is 4.90 Å². The van der Waals surface area contributed by atoms with Crippen LogP contribution in [0.15, 0.2) is 11.8 Å². The maximum atomic E-state index is 11.0. The summed E-state index contributed by atoms with van der Waals surface area (Å²) in [6.45, 7) is 8.05. The average Bonchev–Trinajstić information content (AvgIpc) is 2.49. The van der Waals surface area contributed by atoms with E-state index in [0.29, 0.717) is 0 Å². The molecule has 3 nitrogen and oxygen atoms in total. The molecule has 1 aliphatic heterocycles. The van der Waals surface area contributed by atoms with Gasteiger partial charge in [-0.25, -0.2) is 4.79 Å². The molecular weight excluding hydrogens is 166 g/mol. The van der Waals surface area contributed by atoms with Crippen LogP contribution in [0, 0.1) is 0 Å². The molecule has 0 aliphatic carbocycles. The van der Waals surface area contributed by atoms with Crippen LogP contribution in [0.1, 0.15) is 27.2 Å². The Hall–Kier alpha value is -0.990. The van der Waals surface area contributed by atoms with Crippen molar-refractivity contribution >= 4 is 5.97 Å². The Morgan fingerprint density at radius 2 is 2.00 bits per heavy atom. The van der Waals surface area contributed by atoms with Gasteiger partial charge in [0, 0.05) is 19.2 Å². The highest BCUT2D eigenvalue weighted by molar-refractivity contribution is 5.85.